The van der Waals surface area contributed by atoms with Crippen molar-refractivity contribution >= 4 is 17.5 Å². The van der Waals surface area contributed by atoms with Gasteiger partial charge in [-0.1, -0.05) is 31.0 Å². The Morgan fingerprint density at radius 2 is 1.81 bits per heavy atom. The molecule has 4 heterocycles. The SMILES string of the molecule is O=C(C1CN(CC2CCCO2)CC2C(=O)N(c3ccccc3)NC12)N1CCCCCC1. The van der Waals surface area contributed by atoms with Crippen LogP contribution in [0.15, 0.2) is 30.3 Å². The zero-order chi connectivity index (χ0) is 21.2. The molecule has 7 nitrogen and oxygen atoms in total. The molecule has 4 atom stereocenters. The fourth-order valence-electron chi connectivity index (χ4n) is 5.69. The van der Waals surface area contributed by atoms with E-state index in [-0.39, 0.29) is 35.8 Å². The van der Waals surface area contributed by atoms with Crippen molar-refractivity contribution in [2.24, 2.45) is 11.8 Å². The van der Waals surface area contributed by atoms with Gasteiger partial charge in [0.2, 0.25) is 11.8 Å². The number of rotatable bonds is 4. The first-order valence-corrected chi connectivity index (χ1v) is 12.0. The van der Waals surface area contributed by atoms with Crippen LogP contribution in [0.2, 0.25) is 0 Å². The lowest BCUT2D eigenvalue weighted by molar-refractivity contribution is -0.140. The molecule has 0 saturated carbocycles. The summed E-state index contributed by atoms with van der Waals surface area (Å²) in [5, 5.41) is 1.67. The second-order valence-electron chi connectivity index (χ2n) is 9.47. The summed E-state index contributed by atoms with van der Waals surface area (Å²) in [5.41, 5.74) is 4.28. The summed E-state index contributed by atoms with van der Waals surface area (Å²) < 4.78 is 5.86. The van der Waals surface area contributed by atoms with Gasteiger partial charge in [-0.15, -0.1) is 0 Å². The van der Waals surface area contributed by atoms with Crippen LogP contribution in [0.4, 0.5) is 5.69 Å². The van der Waals surface area contributed by atoms with Gasteiger partial charge in [-0.3, -0.25) is 14.5 Å². The molecular weight excluding hydrogens is 392 g/mol. The second kappa shape index (κ2) is 9.27. The molecule has 31 heavy (non-hydrogen) atoms. The number of nitrogens with one attached hydrogen (secondary N) is 1. The normalized spacial score (nSPS) is 32.2. The van der Waals surface area contributed by atoms with Crippen molar-refractivity contribution in [3.05, 3.63) is 30.3 Å². The van der Waals surface area contributed by atoms with Gasteiger partial charge in [-0.25, -0.2) is 10.4 Å². The molecule has 2 amide bonds. The van der Waals surface area contributed by atoms with Crippen LogP contribution in [0.3, 0.4) is 0 Å². The van der Waals surface area contributed by atoms with Gasteiger partial charge >= 0.3 is 0 Å². The van der Waals surface area contributed by atoms with Gasteiger partial charge in [0.25, 0.3) is 0 Å². The number of amides is 2. The standard InChI is InChI=1S/C24H34N4O3/c29-23(27-12-6-1-2-7-13-27)20-16-26(15-19-11-8-14-31-19)17-21-22(20)25-28(24(21)30)18-9-4-3-5-10-18/h3-5,9-10,19-22,25H,1-2,6-8,11-17H2. The molecule has 4 saturated heterocycles. The van der Waals surface area contributed by atoms with Crippen molar-refractivity contribution in [2.75, 3.05) is 44.3 Å². The second-order valence-corrected chi connectivity index (χ2v) is 9.47. The number of benzene rings is 1. The Hall–Kier alpha value is -1.96. The molecule has 0 aliphatic carbocycles. The fourth-order valence-corrected chi connectivity index (χ4v) is 5.69. The number of anilines is 1. The van der Waals surface area contributed by atoms with Gasteiger partial charge in [0.05, 0.1) is 29.7 Å². The number of fused-ring (bicyclic) bond motifs is 1. The lowest BCUT2D eigenvalue weighted by Gasteiger charge is -2.40. The predicted molar refractivity (Wildman–Crippen MR) is 118 cm³/mol. The van der Waals surface area contributed by atoms with E-state index in [4.69, 9.17) is 4.74 Å². The third kappa shape index (κ3) is 4.36. The number of hydrogen-bond donors (Lipinski definition) is 1. The van der Waals surface area contributed by atoms with Crippen LogP contribution < -0.4 is 10.4 Å². The van der Waals surface area contributed by atoms with E-state index in [0.717, 1.165) is 57.6 Å². The molecule has 5 rings (SSSR count). The molecule has 168 valence electrons. The Morgan fingerprint density at radius 1 is 1.03 bits per heavy atom. The molecule has 1 N–H and O–H groups in total. The van der Waals surface area contributed by atoms with E-state index in [0.29, 0.717) is 13.1 Å². The maximum Gasteiger partial charge on any atom is 0.247 e. The number of piperidine rings is 1. The Labute approximate surface area is 184 Å². The summed E-state index contributed by atoms with van der Waals surface area (Å²) in [6, 6.07) is 9.57. The number of likely N-dealkylation sites (tertiary alicyclic amines) is 2. The average Bonchev–Trinajstić information content (AvgIpc) is 3.32. The Kier molecular flexibility index (Phi) is 6.25. The lowest BCUT2D eigenvalue weighted by atomic mass is 9.83. The van der Waals surface area contributed by atoms with Crippen molar-refractivity contribution < 1.29 is 14.3 Å². The zero-order valence-electron chi connectivity index (χ0n) is 18.2. The topological polar surface area (TPSA) is 65.1 Å². The fraction of sp³-hybridized carbons (Fsp3) is 0.667. The third-order valence-electron chi connectivity index (χ3n) is 7.33. The van der Waals surface area contributed by atoms with Gasteiger partial charge in [0.15, 0.2) is 0 Å². The number of hydrogen-bond acceptors (Lipinski definition) is 5. The molecule has 0 bridgehead atoms. The van der Waals surface area contributed by atoms with Crippen molar-refractivity contribution in [1.29, 1.82) is 0 Å². The van der Waals surface area contributed by atoms with Crippen LogP contribution in [0.1, 0.15) is 38.5 Å². The van der Waals surface area contributed by atoms with Crippen molar-refractivity contribution in [3.8, 4) is 0 Å². The van der Waals surface area contributed by atoms with Gasteiger partial charge in [0, 0.05) is 39.3 Å². The van der Waals surface area contributed by atoms with Gasteiger partial charge in [-0.2, -0.15) is 0 Å². The number of para-hydroxylation sites is 1. The highest BCUT2D eigenvalue weighted by atomic mass is 16.5. The summed E-state index contributed by atoms with van der Waals surface area (Å²) in [4.78, 5) is 31.5. The van der Waals surface area contributed by atoms with Crippen LogP contribution in [0.25, 0.3) is 0 Å². The average molecular weight is 427 g/mol. The zero-order valence-corrected chi connectivity index (χ0v) is 18.2. The number of ether oxygens (including phenoxy) is 1. The first kappa shape index (κ1) is 20.9. The number of carbonyl (C=O) groups is 2. The van der Waals surface area contributed by atoms with E-state index < -0.39 is 0 Å². The molecule has 4 aliphatic heterocycles. The largest absolute Gasteiger partial charge is 0.377 e. The lowest BCUT2D eigenvalue weighted by Crippen LogP contribution is -2.58. The molecule has 4 aliphatic rings. The highest BCUT2D eigenvalue weighted by Gasteiger charge is 2.51. The minimum atomic E-state index is -0.212. The van der Waals surface area contributed by atoms with Crippen molar-refractivity contribution in [2.45, 2.75) is 50.7 Å². The van der Waals surface area contributed by atoms with E-state index in [1.165, 1.54) is 12.8 Å². The van der Waals surface area contributed by atoms with Crippen LogP contribution >= 0.6 is 0 Å². The Morgan fingerprint density at radius 3 is 2.52 bits per heavy atom. The molecule has 1 aromatic rings. The van der Waals surface area contributed by atoms with Crippen LogP contribution in [0, 0.1) is 11.8 Å². The monoisotopic (exact) mass is 426 g/mol. The van der Waals surface area contributed by atoms with E-state index in [1.807, 2.05) is 30.3 Å². The summed E-state index contributed by atoms with van der Waals surface area (Å²) in [7, 11) is 0. The highest BCUT2D eigenvalue weighted by Crippen LogP contribution is 2.33. The van der Waals surface area contributed by atoms with Gasteiger partial charge in [-0.05, 0) is 37.8 Å². The first-order valence-electron chi connectivity index (χ1n) is 12.0. The summed E-state index contributed by atoms with van der Waals surface area (Å²) in [5.74, 6) is -0.140. The van der Waals surface area contributed by atoms with E-state index >= 15 is 0 Å². The molecule has 4 fully saturated rings. The van der Waals surface area contributed by atoms with Gasteiger partial charge < -0.3 is 9.64 Å². The van der Waals surface area contributed by atoms with Crippen LogP contribution in [-0.2, 0) is 14.3 Å². The van der Waals surface area contributed by atoms with Crippen LogP contribution in [-0.4, -0.2) is 73.1 Å². The van der Waals surface area contributed by atoms with E-state index in [2.05, 4.69) is 15.2 Å². The van der Waals surface area contributed by atoms with Crippen LogP contribution in [0.5, 0.6) is 0 Å². The smallest absolute Gasteiger partial charge is 0.247 e. The van der Waals surface area contributed by atoms with E-state index in [9.17, 15) is 9.59 Å². The maximum absolute atomic E-state index is 13.7. The molecule has 0 spiro atoms. The third-order valence-corrected chi connectivity index (χ3v) is 7.33. The summed E-state index contributed by atoms with van der Waals surface area (Å²) in [6.45, 7) is 4.70. The van der Waals surface area contributed by atoms with Crippen molar-refractivity contribution in [1.82, 2.24) is 15.2 Å². The van der Waals surface area contributed by atoms with Crippen molar-refractivity contribution in [3.63, 3.8) is 0 Å². The number of carbonyl (C=O) groups excluding carboxylic acids is 2. The molecule has 7 heteroatoms. The molecular formula is C24H34N4O3. The predicted octanol–water partition coefficient (Wildman–Crippen LogP) is 2.04. The summed E-state index contributed by atoms with van der Waals surface area (Å²) >= 11 is 0. The minimum Gasteiger partial charge on any atom is -0.377 e. The maximum atomic E-state index is 13.7. The molecule has 4 unspecified atom stereocenters. The number of nitrogens with zero attached hydrogens (tertiary/aromatic N) is 3. The first-order chi connectivity index (χ1) is 15.2. The Balaban J connectivity index is 1.38. The highest BCUT2D eigenvalue weighted by molar-refractivity contribution is 5.98. The van der Waals surface area contributed by atoms with E-state index in [1.54, 1.807) is 5.01 Å². The number of hydrazine groups is 1. The molecule has 0 radical (unpaired) electrons. The molecule has 0 aromatic heterocycles. The Bertz CT molecular complexity index is 774. The minimum absolute atomic E-state index is 0.0712. The van der Waals surface area contributed by atoms with Gasteiger partial charge in [0.1, 0.15) is 0 Å². The molecule has 1 aromatic carbocycles. The quantitative estimate of drug-likeness (QED) is 0.798. The summed E-state index contributed by atoms with van der Waals surface area (Å²) in [6.07, 6.45) is 6.94.